The fourth-order valence-electron chi connectivity index (χ4n) is 9.93. The summed E-state index contributed by atoms with van der Waals surface area (Å²) in [6, 6.07) is 4.96. The largest absolute Gasteiger partial charge is 0.496 e. The maximum atomic E-state index is 15.1. The first-order chi connectivity index (χ1) is 27.5. The van der Waals surface area contributed by atoms with Gasteiger partial charge in [-0.1, -0.05) is 25.3 Å². The molecule has 5 fully saturated rings. The van der Waals surface area contributed by atoms with E-state index in [0.717, 1.165) is 73.5 Å². The highest BCUT2D eigenvalue weighted by molar-refractivity contribution is 7.90. The first-order valence-electron chi connectivity index (χ1n) is 21.0. The van der Waals surface area contributed by atoms with Gasteiger partial charge >= 0.3 is 0 Å². The second-order valence-corrected chi connectivity index (χ2v) is 19.3. The Morgan fingerprint density at radius 1 is 1.05 bits per heavy atom. The summed E-state index contributed by atoms with van der Waals surface area (Å²) in [6.45, 7) is 5.60. The average Bonchev–Trinajstić information content (AvgIpc) is 4.15. The standard InChI is InChI=1S/C43H56N4O9S/c1-3-30-23-43(30,42(51)45-57(52,53)33-13-14-33)24-37(48)36-21-32-26-47(36)41(50)35(27-9-5-4-6-10-27)22-39(49)46-17-7-12-31(25-46)55-18-8-11-29-19-34-28(20-38(29)54-2)15-16-44-40(34)56-32/h3,15-16,19-20,27,30-33,35-36H,1,4-14,17-18,21-26H2,2H3,(H,45,51)/t30-,31+,32-,35+,36+,43-/m1/s1. The van der Waals surface area contributed by atoms with Crippen molar-refractivity contribution in [3.05, 3.63) is 42.6 Å². The molecule has 2 aromatic rings. The summed E-state index contributed by atoms with van der Waals surface area (Å²) >= 11 is 0. The minimum Gasteiger partial charge on any atom is -0.496 e. The lowest BCUT2D eigenvalue weighted by Crippen LogP contribution is -2.49. The molecular weight excluding hydrogens is 749 g/mol. The Hall–Kier alpha value is -4.04. The van der Waals surface area contributed by atoms with E-state index in [9.17, 15) is 22.8 Å². The van der Waals surface area contributed by atoms with E-state index in [2.05, 4.69) is 16.3 Å². The highest BCUT2D eigenvalue weighted by Crippen LogP contribution is 2.57. The van der Waals surface area contributed by atoms with Crippen LogP contribution in [-0.2, 0) is 40.4 Å². The van der Waals surface area contributed by atoms with E-state index in [0.29, 0.717) is 51.3 Å². The van der Waals surface area contributed by atoms with Gasteiger partial charge < -0.3 is 24.0 Å². The number of piperidine rings is 1. The Bertz CT molecular complexity index is 2010. The molecule has 13 nitrogen and oxygen atoms in total. The van der Waals surface area contributed by atoms with Gasteiger partial charge in [0.15, 0.2) is 5.78 Å². The highest BCUT2D eigenvalue weighted by Gasteiger charge is 2.61. The van der Waals surface area contributed by atoms with Gasteiger partial charge in [0.25, 0.3) is 0 Å². The predicted molar refractivity (Wildman–Crippen MR) is 212 cm³/mol. The van der Waals surface area contributed by atoms with Crippen molar-refractivity contribution in [2.75, 3.05) is 33.4 Å². The number of methoxy groups -OCH3 is 1. The van der Waals surface area contributed by atoms with Crippen LogP contribution >= 0.6 is 0 Å². The number of rotatable bonds is 9. The maximum Gasteiger partial charge on any atom is 0.240 e. The van der Waals surface area contributed by atoms with Crippen LogP contribution in [0.15, 0.2) is 37.1 Å². The Morgan fingerprint density at radius 2 is 1.86 bits per heavy atom. The van der Waals surface area contributed by atoms with Crippen molar-refractivity contribution < 1.29 is 41.8 Å². The Kier molecular flexibility index (Phi) is 11.4. The van der Waals surface area contributed by atoms with Gasteiger partial charge in [-0.25, -0.2) is 13.4 Å². The zero-order valence-electron chi connectivity index (χ0n) is 33.0. The van der Waals surface area contributed by atoms with E-state index in [-0.39, 0.29) is 61.3 Å². The molecule has 6 bridgehead atoms. The van der Waals surface area contributed by atoms with Crippen molar-refractivity contribution in [3.63, 3.8) is 0 Å². The predicted octanol–water partition coefficient (Wildman–Crippen LogP) is 4.89. The van der Waals surface area contributed by atoms with E-state index in [1.165, 1.54) is 0 Å². The highest BCUT2D eigenvalue weighted by atomic mass is 32.2. The van der Waals surface area contributed by atoms with Crippen LogP contribution < -0.4 is 14.2 Å². The van der Waals surface area contributed by atoms with Gasteiger partial charge in [-0.2, -0.15) is 0 Å². The van der Waals surface area contributed by atoms with Crippen LogP contribution in [0.1, 0.15) is 95.5 Å². The van der Waals surface area contributed by atoms with Gasteiger partial charge in [0.2, 0.25) is 33.6 Å². The number of benzene rings is 1. The number of hydrogen-bond acceptors (Lipinski definition) is 10. The summed E-state index contributed by atoms with van der Waals surface area (Å²) in [5, 5.41) is 1.06. The molecule has 8 rings (SSSR count). The Morgan fingerprint density at radius 3 is 2.60 bits per heavy atom. The van der Waals surface area contributed by atoms with E-state index in [4.69, 9.17) is 14.2 Å². The van der Waals surface area contributed by atoms with Crippen molar-refractivity contribution in [1.29, 1.82) is 0 Å². The second-order valence-electron chi connectivity index (χ2n) is 17.3. The number of carbonyl (C=O) groups excluding carboxylic acids is 4. The number of nitrogens with zero attached hydrogens (tertiary/aromatic N) is 3. The number of pyridine rings is 1. The molecule has 1 aromatic carbocycles. The summed E-state index contributed by atoms with van der Waals surface area (Å²) < 4.78 is 46.7. The van der Waals surface area contributed by atoms with Crippen LogP contribution in [0.3, 0.4) is 0 Å². The topological polar surface area (TPSA) is 162 Å². The number of fused-ring (bicyclic) bond motifs is 5. The molecule has 3 saturated carbocycles. The molecule has 3 aliphatic heterocycles. The van der Waals surface area contributed by atoms with Crippen LogP contribution in [0.5, 0.6) is 11.6 Å². The molecule has 14 heteroatoms. The van der Waals surface area contributed by atoms with Crippen molar-refractivity contribution in [2.24, 2.45) is 23.2 Å². The van der Waals surface area contributed by atoms with Crippen molar-refractivity contribution in [2.45, 2.75) is 120 Å². The molecule has 0 unspecified atom stereocenters. The fraction of sp³-hybridized carbons (Fsp3) is 0.651. The quantitative estimate of drug-likeness (QED) is 0.346. The van der Waals surface area contributed by atoms with Crippen LogP contribution in [-0.4, -0.2) is 104 Å². The molecule has 1 N–H and O–H groups in total. The summed E-state index contributed by atoms with van der Waals surface area (Å²) in [6.07, 6.45) is 11.6. The van der Waals surface area contributed by atoms with E-state index in [1.54, 1.807) is 24.3 Å². The third-order valence-corrected chi connectivity index (χ3v) is 15.3. The number of nitrogens with one attached hydrogen (secondary N) is 1. The average molecular weight is 805 g/mol. The normalized spacial score (nSPS) is 30.2. The van der Waals surface area contributed by atoms with E-state index >= 15 is 4.79 Å². The smallest absolute Gasteiger partial charge is 0.240 e. The number of sulfonamides is 1. The minimum absolute atomic E-state index is 0.0108. The third-order valence-electron chi connectivity index (χ3n) is 13.5. The number of hydrogen-bond donors (Lipinski definition) is 1. The van der Waals surface area contributed by atoms with Crippen LogP contribution in [0, 0.1) is 23.2 Å². The van der Waals surface area contributed by atoms with Crippen LogP contribution in [0.2, 0.25) is 0 Å². The zero-order chi connectivity index (χ0) is 39.9. The molecule has 3 amide bonds. The molecule has 3 aliphatic carbocycles. The van der Waals surface area contributed by atoms with Crippen molar-refractivity contribution in [1.82, 2.24) is 19.5 Å². The molecule has 6 atom stereocenters. The van der Waals surface area contributed by atoms with Gasteiger partial charge in [0.05, 0.1) is 36.5 Å². The number of aromatic nitrogens is 1. The van der Waals surface area contributed by atoms with E-state index in [1.807, 2.05) is 23.1 Å². The minimum atomic E-state index is -3.85. The van der Waals surface area contributed by atoms with E-state index < -0.39 is 44.7 Å². The van der Waals surface area contributed by atoms with Crippen LogP contribution in [0.4, 0.5) is 0 Å². The first kappa shape index (κ1) is 39.8. The van der Waals surface area contributed by atoms with Gasteiger partial charge in [0, 0.05) is 56.5 Å². The Labute approximate surface area is 335 Å². The molecule has 1 aromatic heterocycles. The SMILES string of the molecule is C=C[C@@H]1C[C@]1(CC(=O)[C@@H]1C[C@@H]2CN1C(=O)[C@H](C1CCCCC1)CC(=O)N1CCC[C@@H](C1)OCCCc1cc3c(nccc3cc1OC)O2)C(=O)NS(=O)(=O)C1CC1. The van der Waals surface area contributed by atoms with Crippen LogP contribution in [0.25, 0.3) is 10.8 Å². The van der Waals surface area contributed by atoms with Gasteiger partial charge in [0.1, 0.15) is 11.9 Å². The number of aryl methyl sites for hydroxylation is 1. The number of ether oxygens (including phenoxy) is 3. The summed E-state index contributed by atoms with van der Waals surface area (Å²) in [4.78, 5) is 65.7. The maximum absolute atomic E-state index is 15.1. The lowest BCUT2D eigenvalue weighted by Gasteiger charge is -2.37. The lowest BCUT2D eigenvalue weighted by atomic mass is 9.77. The molecule has 4 heterocycles. The number of Topliss-reactive ketones (excluding diaryl/α,β-unsaturated/α-hetero) is 1. The first-order valence-corrected chi connectivity index (χ1v) is 22.6. The summed E-state index contributed by atoms with van der Waals surface area (Å²) in [5.41, 5.74) is -0.289. The lowest BCUT2D eigenvalue weighted by molar-refractivity contribution is -0.148. The fourth-order valence-corrected chi connectivity index (χ4v) is 11.3. The number of amides is 3. The van der Waals surface area contributed by atoms with Gasteiger partial charge in [-0.05, 0) is 98.8 Å². The molecule has 2 saturated heterocycles. The molecule has 0 spiro atoms. The Balaban J connectivity index is 1.14. The van der Waals surface area contributed by atoms with Gasteiger partial charge in [-0.3, -0.25) is 23.9 Å². The van der Waals surface area contributed by atoms with Crippen molar-refractivity contribution in [3.8, 4) is 11.6 Å². The zero-order valence-corrected chi connectivity index (χ0v) is 33.8. The van der Waals surface area contributed by atoms with Gasteiger partial charge in [-0.15, -0.1) is 6.58 Å². The molecular formula is C43H56N4O9S. The molecule has 57 heavy (non-hydrogen) atoms. The monoisotopic (exact) mass is 804 g/mol. The number of ketones is 1. The number of carbonyl (C=O) groups is 4. The third kappa shape index (κ3) is 8.31. The van der Waals surface area contributed by atoms with Crippen molar-refractivity contribution >= 4 is 44.3 Å². The molecule has 0 radical (unpaired) electrons. The number of allylic oxidation sites excluding steroid dienone is 1. The summed E-state index contributed by atoms with van der Waals surface area (Å²) in [5.74, 6) is -1.22. The molecule has 6 aliphatic rings. The molecule has 308 valence electrons. The summed E-state index contributed by atoms with van der Waals surface area (Å²) in [7, 11) is -2.20. The second kappa shape index (κ2) is 16.3.